The SMILES string of the molecule is CCOC(=O)C(C(F)F)C(C)CO[Si](c1ccccc1)(c1ccccc1)C(C)(C)C. The van der Waals surface area contributed by atoms with Crippen LogP contribution in [0, 0.1) is 11.8 Å². The van der Waals surface area contributed by atoms with Crippen molar-refractivity contribution in [1.29, 1.82) is 0 Å². The lowest BCUT2D eigenvalue weighted by molar-refractivity contribution is -0.157. The Hall–Kier alpha value is -2.05. The number of carbonyl (C=O) groups is 1. The fraction of sp³-hybridized carbons (Fsp3) is 0.458. The number of hydrogen-bond acceptors (Lipinski definition) is 3. The van der Waals surface area contributed by atoms with Crippen LogP contribution in [0.5, 0.6) is 0 Å². The highest BCUT2D eigenvalue weighted by Gasteiger charge is 2.50. The predicted molar refractivity (Wildman–Crippen MR) is 119 cm³/mol. The zero-order chi connectivity index (χ0) is 22.4. The van der Waals surface area contributed by atoms with Crippen LogP contribution in [0.2, 0.25) is 5.04 Å². The summed E-state index contributed by atoms with van der Waals surface area (Å²) >= 11 is 0. The molecule has 2 aromatic rings. The second-order valence-electron chi connectivity index (χ2n) is 8.56. The van der Waals surface area contributed by atoms with Crippen molar-refractivity contribution in [2.45, 2.75) is 46.1 Å². The third-order valence-electron chi connectivity index (χ3n) is 5.42. The van der Waals surface area contributed by atoms with Gasteiger partial charge in [0, 0.05) is 6.61 Å². The molecule has 2 aromatic carbocycles. The van der Waals surface area contributed by atoms with Crippen LogP contribution in [0.25, 0.3) is 0 Å². The number of benzene rings is 2. The summed E-state index contributed by atoms with van der Waals surface area (Å²) in [5, 5.41) is 1.88. The first-order valence-electron chi connectivity index (χ1n) is 10.3. The molecule has 0 saturated heterocycles. The minimum atomic E-state index is -2.84. The van der Waals surface area contributed by atoms with Gasteiger partial charge in [-0.2, -0.15) is 0 Å². The second kappa shape index (κ2) is 10.3. The molecule has 0 radical (unpaired) electrons. The quantitative estimate of drug-likeness (QED) is 0.426. The van der Waals surface area contributed by atoms with Crippen LogP contribution in [0.3, 0.4) is 0 Å². The number of carbonyl (C=O) groups excluding carboxylic acids is 1. The molecule has 0 saturated carbocycles. The summed E-state index contributed by atoms with van der Waals surface area (Å²) in [4.78, 5) is 12.1. The second-order valence-corrected chi connectivity index (χ2v) is 12.9. The van der Waals surface area contributed by atoms with Crippen molar-refractivity contribution in [1.82, 2.24) is 0 Å². The number of ether oxygens (including phenoxy) is 1. The molecule has 2 rings (SSSR count). The van der Waals surface area contributed by atoms with E-state index < -0.39 is 32.5 Å². The van der Waals surface area contributed by atoms with Gasteiger partial charge < -0.3 is 9.16 Å². The van der Waals surface area contributed by atoms with Gasteiger partial charge in [0.25, 0.3) is 14.7 Å². The van der Waals surface area contributed by atoms with E-state index in [1.807, 2.05) is 60.7 Å². The topological polar surface area (TPSA) is 35.5 Å². The van der Waals surface area contributed by atoms with Crippen LogP contribution >= 0.6 is 0 Å². The molecule has 6 heteroatoms. The van der Waals surface area contributed by atoms with Crippen LogP contribution in [-0.2, 0) is 14.0 Å². The van der Waals surface area contributed by atoms with Gasteiger partial charge in [-0.05, 0) is 28.3 Å². The zero-order valence-electron chi connectivity index (χ0n) is 18.4. The highest BCUT2D eigenvalue weighted by molar-refractivity contribution is 6.99. The first-order valence-corrected chi connectivity index (χ1v) is 12.3. The fourth-order valence-corrected chi connectivity index (χ4v) is 8.61. The third-order valence-corrected chi connectivity index (χ3v) is 10.4. The van der Waals surface area contributed by atoms with Crippen molar-refractivity contribution in [3.05, 3.63) is 60.7 Å². The van der Waals surface area contributed by atoms with Crippen LogP contribution in [-0.4, -0.2) is 33.9 Å². The summed E-state index contributed by atoms with van der Waals surface area (Å²) in [5.41, 5.74) is 0. The minimum Gasteiger partial charge on any atom is -0.466 e. The minimum absolute atomic E-state index is 0.0428. The van der Waals surface area contributed by atoms with Crippen molar-refractivity contribution in [3.8, 4) is 0 Å². The van der Waals surface area contributed by atoms with Gasteiger partial charge in [-0.3, -0.25) is 4.79 Å². The van der Waals surface area contributed by atoms with E-state index in [2.05, 4.69) is 20.8 Å². The van der Waals surface area contributed by atoms with E-state index in [-0.39, 0.29) is 18.3 Å². The third kappa shape index (κ3) is 5.16. The molecule has 0 amide bonds. The largest absolute Gasteiger partial charge is 0.466 e. The smallest absolute Gasteiger partial charge is 0.315 e. The maximum absolute atomic E-state index is 13.7. The lowest BCUT2D eigenvalue weighted by Crippen LogP contribution is -2.67. The van der Waals surface area contributed by atoms with E-state index in [0.717, 1.165) is 10.4 Å². The van der Waals surface area contributed by atoms with E-state index in [1.54, 1.807) is 13.8 Å². The maximum atomic E-state index is 13.7. The molecule has 30 heavy (non-hydrogen) atoms. The van der Waals surface area contributed by atoms with Gasteiger partial charge in [-0.25, -0.2) is 8.78 Å². The number of esters is 1. The summed E-state index contributed by atoms with van der Waals surface area (Å²) in [6, 6.07) is 20.0. The van der Waals surface area contributed by atoms with Crippen molar-refractivity contribution in [3.63, 3.8) is 0 Å². The van der Waals surface area contributed by atoms with Gasteiger partial charge in [0.15, 0.2) is 0 Å². The number of halogens is 2. The first-order chi connectivity index (χ1) is 14.1. The monoisotopic (exact) mass is 434 g/mol. The van der Waals surface area contributed by atoms with E-state index in [0.29, 0.717) is 0 Å². The van der Waals surface area contributed by atoms with Crippen LogP contribution in [0.15, 0.2) is 60.7 Å². The Bertz CT molecular complexity index is 752. The zero-order valence-corrected chi connectivity index (χ0v) is 19.4. The van der Waals surface area contributed by atoms with Crippen LogP contribution in [0.4, 0.5) is 8.78 Å². The van der Waals surface area contributed by atoms with Crippen LogP contribution < -0.4 is 10.4 Å². The van der Waals surface area contributed by atoms with Gasteiger partial charge in [0.2, 0.25) is 0 Å². The van der Waals surface area contributed by atoms with Gasteiger partial charge in [0.1, 0.15) is 5.92 Å². The summed E-state index contributed by atoms with van der Waals surface area (Å²) in [7, 11) is -2.84. The number of rotatable bonds is 9. The lowest BCUT2D eigenvalue weighted by atomic mass is 9.95. The molecule has 0 heterocycles. The fourth-order valence-electron chi connectivity index (χ4n) is 3.94. The normalized spacial score (nSPS) is 14.4. The standard InChI is InChI=1S/C24H32F2O3Si/c1-6-28-23(27)21(22(25)26)18(2)17-29-30(24(3,4)5,19-13-9-7-10-14-19)20-15-11-8-12-16-20/h7-16,18,21-22H,6,17H2,1-5H3. The highest BCUT2D eigenvalue weighted by atomic mass is 28.4. The molecule has 0 aliphatic carbocycles. The molecule has 2 unspecified atom stereocenters. The summed E-state index contributed by atoms with van der Waals surface area (Å²) in [6.45, 7) is 9.74. The van der Waals surface area contributed by atoms with Gasteiger partial charge >= 0.3 is 5.97 Å². The van der Waals surface area contributed by atoms with E-state index in [1.165, 1.54) is 0 Å². The summed E-state index contributed by atoms with van der Waals surface area (Å²) < 4.78 is 38.9. The van der Waals surface area contributed by atoms with Crippen molar-refractivity contribution >= 4 is 24.7 Å². The van der Waals surface area contributed by atoms with E-state index >= 15 is 0 Å². The highest BCUT2D eigenvalue weighted by Crippen LogP contribution is 2.37. The number of alkyl halides is 2. The molecule has 0 bridgehead atoms. The summed E-state index contributed by atoms with van der Waals surface area (Å²) in [6.07, 6.45) is -2.80. The molecule has 0 fully saturated rings. The Morgan fingerprint density at radius 3 is 1.80 bits per heavy atom. The average Bonchev–Trinajstić information content (AvgIpc) is 2.69. The lowest BCUT2D eigenvalue weighted by Gasteiger charge is -2.43. The Morgan fingerprint density at radius 2 is 1.43 bits per heavy atom. The maximum Gasteiger partial charge on any atom is 0.315 e. The van der Waals surface area contributed by atoms with Gasteiger partial charge in [-0.1, -0.05) is 88.4 Å². The molecular weight excluding hydrogens is 402 g/mol. The molecule has 0 spiro atoms. The molecule has 0 aliphatic heterocycles. The van der Waals surface area contributed by atoms with Crippen molar-refractivity contribution in [2.75, 3.05) is 13.2 Å². The van der Waals surface area contributed by atoms with Crippen LogP contribution in [0.1, 0.15) is 34.6 Å². The average molecular weight is 435 g/mol. The Kier molecular flexibility index (Phi) is 8.32. The van der Waals surface area contributed by atoms with Crippen molar-refractivity contribution in [2.24, 2.45) is 11.8 Å². The molecular formula is C24H32F2O3Si. The van der Waals surface area contributed by atoms with Gasteiger partial charge in [-0.15, -0.1) is 0 Å². The van der Waals surface area contributed by atoms with Gasteiger partial charge in [0.05, 0.1) is 6.61 Å². The van der Waals surface area contributed by atoms with Crippen molar-refractivity contribution < 1.29 is 22.7 Å². The Morgan fingerprint density at radius 1 is 0.967 bits per heavy atom. The predicted octanol–water partition coefficient (Wildman–Crippen LogP) is 4.64. The first kappa shape index (κ1) is 24.2. The van der Waals surface area contributed by atoms with E-state index in [4.69, 9.17) is 9.16 Å². The molecule has 0 aliphatic rings. The Labute approximate surface area is 179 Å². The Balaban J connectivity index is 2.47. The number of hydrogen-bond donors (Lipinski definition) is 0. The van der Waals surface area contributed by atoms with E-state index in [9.17, 15) is 13.6 Å². The molecule has 0 aromatic heterocycles. The summed E-state index contributed by atoms with van der Waals surface area (Å²) in [5.74, 6) is -3.07. The molecule has 3 nitrogen and oxygen atoms in total. The molecule has 164 valence electrons. The molecule has 0 N–H and O–H groups in total. The molecule has 2 atom stereocenters.